The second-order valence-corrected chi connectivity index (χ2v) is 4.12. The van der Waals surface area contributed by atoms with Gasteiger partial charge < -0.3 is 14.2 Å². The zero-order chi connectivity index (χ0) is 12.3. The second-order valence-electron chi connectivity index (χ2n) is 4.12. The van der Waals surface area contributed by atoms with Crippen molar-refractivity contribution in [2.75, 3.05) is 13.7 Å². The molecule has 0 aromatic heterocycles. The molecule has 17 heavy (non-hydrogen) atoms. The standard InChI is InChI=1S/C13H16O4/c1-9-4-3-5-10(6-9)13-16-8-11(17-13)7-12(14)15-2/h3-6,11,13H,7-8H2,1-2H3. The monoisotopic (exact) mass is 236 g/mol. The largest absolute Gasteiger partial charge is 0.469 e. The minimum atomic E-state index is -0.371. The first-order valence-corrected chi connectivity index (χ1v) is 5.59. The third-order valence-corrected chi connectivity index (χ3v) is 2.69. The van der Waals surface area contributed by atoms with E-state index in [1.807, 2.05) is 31.2 Å². The van der Waals surface area contributed by atoms with Gasteiger partial charge in [-0.2, -0.15) is 0 Å². The Morgan fingerprint density at radius 1 is 1.53 bits per heavy atom. The Morgan fingerprint density at radius 2 is 2.35 bits per heavy atom. The van der Waals surface area contributed by atoms with Crippen molar-refractivity contribution in [2.24, 2.45) is 0 Å². The van der Waals surface area contributed by atoms with E-state index in [-0.39, 0.29) is 24.8 Å². The summed E-state index contributed by atoms with van der Waals surface area (Å²) in [5, 5.41) is 0. The summed E-state index contributed by atoms with van der Waals surface area (Å²) >= 11 is 0. The molecule has 92 valence electrons. The quantitative estimate of drug-likeness (QED) is 0.753. The minimum Gasteiger partial charge on any atom is -0.469 e. The van der Waals surface area contributed by atoms with Crippen LogP contribution in [0.1, 0.15) is 23.8 Å². The van der Waals surface area contributed by atoms with E-state index in [1.54, 1.807) is 0 Å². The van der Waals surface area contributed by atoms with E-state index in [1.165, 1.54) is 7.11 Å². The molecule has 1 aliphatic rings. The van der Waals surface area contributed by atoms with Crippen LogP contribution in [0.25, 0.3) is 0 Å². The van der Waals surface area contributed by atoms with E-state index in [0.717, 1.165) is 11.1 Å². The lowest BCUT2D eigenvalue weighted by atomic mass is 10.1. The highest BCUT2D eigenvalue weighted by Gasteiger charge is 2.29. The van der Waals surface area contributed by atoms with Crippen LogP contribution in [0.2, 0.25) is 0 Å². The van der Waals surface area contributed by atoms with Crippen molar-refractivity contribution in [3.63, 3.8) is 0 Å². The van der Waals surface area contributed by atoms with Crippen LogP contribution < -0.4 is 0 Å². The maximum Gasteiger partial charge on any atom is 0.308 e. The summed E-state index contributed by atoms with van der Waals surface area (Å²) < 4.78 is 15.8. The third-order valence-electron chi connectivity index (χ3n) is 2.69. The number of hydrogen-bond acceptors (Lipinski definition) is 4. The maximum absolute atomic E-state index is 11.1. The summed E-state index contributed by atoms with van der Waals surface area (Å²) in [7, 11) is 1.37. The number of carbonyl (C=O) groups excluding carboxylic acids is 1. The number of hydrogen-bond donors (Lipinski definition) is 0. The van der Waals surface area contributed by atoms with Gasteiger partial charge >= 0.3 is 5.97 Å². The highest BCUT2D eigenvalue weighted by Crippen LogP contribution is 2.28. The lowest BCUT2D eigenvalue weighted by Crippen LogP contribution is -2.16. The van der Waals surface area contributed by atoms with Crippen molar-refractivity contribution in [1.29, 1.82) is 0 Å². The van der Waals surface area contributed by atoms with E-state index in [4.69, 9.17) is 9.47 Å². The zero-order valence-electron chi connectivity index (χ0n) is 10.0. The fraction of sp³-hybridized carbons (Fsp3) is 0.462. The predicted octanol–water partition coefficient (Wildman–Crippen LogP) is 1.97. The fourth-order valence-corrected chi connectivity index (χ4v) is 1.82. The number of benzene rings is 1. The summed E-state index contributed by atoms with van der Waals surface area (Å²) in [4.78, 5) is 11.1. The molecule has 1 saturated heterocycles. The molecule has 1 aromatic rings. The molecule has 0 radical (unpaired) electrons. The average Bonchev–Trinajstić information content (AvgIpc) is 2.77. The second kappa shape index (κ2) is 5.29. The fourth-order valence-electron chi connectivity index (χ4n) is 1.82. The molecule has 1 heterocycles. The number of ether oxygens (including phenoxy) is 3. The lowest BCUT2D eigenvalue weighted by Gasteiger charge is -2.11. The molecular weight excluding hydrogens is 220 g/mol. The molecule has 1 fully saturated rings. The van der Waals surface area contributed by atoms with E-state index in [9.17, 15) is 4.79 Å². The molecule has 2 rings (SSSR count). The molecular formula is C13H16O4. The predicted molar refractivity (Wildman–Crippen MR) is 61.4 cm³/mol. The van der Waals surface area contributed by atoms with E-state index in [2.05, 4.69) is 4.74 Å². The molecule has 1 aromatic carbocycles. The van der Waals surface area contributed by atoms with Crippen LogP contribution in [0, 0.1) is 6.92 Å². The minimum absolute atomic E-state index is 0.215. The molecule has 0 bridgehead atoms. The normalized spacial score (nSPS) is 23.6. The Morgan fingerprint density at radius 3 is 3.06 bits per heavy atom. The van der Waals surface area contributed by atoms with Crippen LogP contribution in [0.15, 0.2) is 24.3 Å². The number of rotatable bonds is 3. The molecule has 0 saturated carbocycles. The van der Waals surface area contributed by atoms with Crippen molar-refractivity contribution in [2.45, 2.75) is 25.7 Å². The smallest absolute Gasteiger partial charge is 0.308 e. The number of methoxy groups -OCH3 is 1. The molecule has 0 N–H and O–H groups in total. The average molecular weight is 236 g/mol. The van der Waals surface area contributed by atoms with Crippen LogP contribution in [0.5, 0.6) is 0 Å². The van der Waals surface area contributed by atoms with Gasteiger partial charge in [-0.25, -0.2) is 0 Å². The Hall–Kier alpha value is -1.39. The van der Waals surface area contributed by atoms with Gasteiger partial charge in [0.15, 0.2) is 6.29 Å². The molecule has 4 heteroatoms. The molecule has 0 aliphatic carbocycles. The van der Waals surface area contributed by atoms with Crippen molar-refractivity contribution >= 4 is 5.97 Å². The number of esters is 1. The molecule has 4 nitrogen and oxygen atoms in total. The highest BCUT2D eigenvalue weighted by atomic mass is 16.7. The number of carbonyl (C=O) groups is 1. The van der Waals surface area contributed by atoms with Gasteiger partial charge in [0.2, 0.25) is 0 Å². The van der Waals surface area contributed by atoms with Crippen molar-refractivity contribution < 1.29 is 19.0 Å². The molecule has 2 unspecified atom stereocenters. The van der Waals surface area contributed by atoms with Crippen LogP contribution in [-0.2, 0) is 19.0 Å². The zero-order valence-corrected chi connectivity index (χ0v) is 10.0. The lowest BCUT2D eigenvalue weighted by molar-refractivity contribution is -0.143. The summed E-state index contributed by atoms with van der Waals surface area (Å²) in [5.41, 5.74) is 2.14. The van der Waals surface area contributed by atoms with Crippen LogP contribution >= 0.6 is 0 Å². The third kappa shape index (κ3) is 3.05. The Bertz CT molecular complexity index is 402. The molecule has 1 aliphatic heterocycles. The van der Waals surface area contributed by atoms with Crippen LogP contribution in [-0.4, -0.2) is 25.8 Å². The summed E-state index contributed by atoms with van der Waals surface area (Å²) in [6.45, 7) is 2.44. The first-order valence-electron chi connectivity index (χ1n) is 5.59. The van der Waals surface area contributed by atoms with E-state index < -0.39 is 0 Å². The molecule has 0 amide bonds. The van der Waals surface area contributed by atoms with E-state index >= 15 is 0 Å². The summed E-state index contributed by atoms with van der Waals surface area (Å²) in [5.74, 6) is -0.275. The first kappa shape index (κ1) is 12.1. The Balaban J connectivity index is 1.96. The van der Waals surface area contributed by atoms with Gasteiger partial charge in [-0.15, -0.1) is 0 Å². The topological polar surface area (TPSA) is 44.8 Å². The maximum atomic E-state index is 11.1. The van der Waals surface area contributed by atoms with Crippen LogP contribution in [0.3, 0.4) is 0 Å². The number of aryl methyl sites for hydroxylation is 1. The highest BCUT2D eigenvalue weighted by molar-refractivity contribution is 5.69. The van der Waals surface area contributed by atoms with Crippen LogP contribution in [0.4, 0.5) is 0 Å². The van der Waals surface area contributed by atoms with E-state index in [0.29, 0.717) is 6.61 Å². The van der Waals surface area contributed by atoms with Gasteiger partial charge in [0, 0.05) is 5.56 Å². The van der Waals surface area contributed by atoms with Crippen molar-refractivity contribution in [1.82, 2.24) is 0 Å². The van der Waals surface area contributed by atoms with Crippen molar-refractivity contribution in [3.8, 4) is 0 Å². The van der Waals surface area contributed by atoms with Gasteiger partial charge in [0.1, 0.15) is 0 Å². The van der Waals surface area contributed by atoms with Gasteiger partial charge in [-0.3, -0.25) is 4.79 Å². The molecule has 2 atom stereocenters. The summed E-state index contributed by atoms with van der Waals surface area (Å²) in [6.07, 6.45) is -0.351. The first-order chi connectivity index (χ1) is 8.19. The van der Waals surface area contributed by atoms with Gasteiger partial charge in [0.25, 0.3) is 0 Å². The summed E-state index contributed by atoms with van der Waals surface area (Å²) in [6, 6.07) is 7.96. The Labute approximate surface area is 100 Å². The molecule has 0 spiro atoms. The van der Waals surface area contributed by atoms with Gasteiger partial charge in [0.05, 0.1) is 26.2 Å². The van der Waals surface area contributed by atoms with Gasteiger partial charge in [-0.05, 0) is 6.92 Å². The Kier molecular flexibility index (Phi) is 3.76. The van der Waals surface area contributed by atoms with Crippen molar-refractivity contribution in [3.05, 3.63) is 35.4 Å². The van der Waals surface area contributed by atoms with Gasteiger partial charge in [-0.1, -0.05) is 29.8 Å². The SMILES string of the molecule is COC(=O)CC1COC(c2cccc(C)c2)O1.